The van der Waals surface area contributed by atoms with Crippen molar-refractivity contribution in [3.8, 4) is 0 Å². The molecule has 0 bridgehead atoms. The predicted octanol–water partition coefficient (Wildman–Crippen LogP) is 3.42. The number of imide groups is 1. The third kappa shape index (κ3) is 2.18. The lowest BCUT2D eigenvalue weighted by molar-refractivity contribution is 0.0923. The molecule has 0 fully saturated rings. The molecule has 0 aliphatic carbocycles. The molecule has 0 N–H and O–H groups in total. The van der Waals surface area contributed by atoms with E-state index in [1.54, 1.807) is 18.2 Å². The molecule has 0 unspecified atom stereocenters. The van der Waals surface area contributed by atoms with Gasteiger partial charge in [-0.3, -0.25) is 14.4 Å². The van der Waals surface area contributed by atoms with Crippen LogP contribution >= 0.6 is 0 Å². The zero-order valence-corrected chi connectivity index (χ0v) is 13.1. The summed E-state index contributed by atoms with van der Waals surface area (Å²) in [5.41, 5.74) is 3.34. The van der Waals surface area contributed by atoms with Gasteiger partial charge in [-0.05, 0) is 30.0 Å². The molecular formula is C19H17NO3. The summed E-state index contributed by atoms with van der Waals surface area (Å²) in [7, 11) is 0. The van der Waals surface area contributed by atoms with Crippen molar-refractivity contribution in [1.82, 2.24) is 0 Å². The molecular weight excluding hydrogens is 290 g/mol. The van der Waals surface area contributed by atoms with E-state index in [-0.39, 0.29) is 17.0 Å². The highest BCUT2D eigenvalue weighted by Gasteiger charge is 2.39. The van der Waals surface area contributed by atoms with Gasteiger partial charge in [-0.25, -0.2) is 4.90 Å². The third-order valence-electron chi connectivity index (χ3n) is 4.26. The largest absolute Gasteiger partial charge is 0.298 e. The molecule has 0 saturated carbocycles. The molecule has 1 aliphatic rings. The van der Waals surface area contributed by atoms with Crippen molar-refractivity contribution >= 4 is 23.8 Å². The van der Waals surface area contributed by atoms with E-state index < -0.39 is 5.91 Å². The number of aryl methyl sites for hydroxylation is 2. The quantitative estimate of drug-likeness (QED) is 0.642. The van der Waals surface area contributed by atoms with Gasteiger partial charge in [0, 0.05) is 5.56 Å². The van der Waals surface area contributed by atoms with Gasteiger partial charge in [-0.1, -0.05) is 44.2 Å². The third-order valence-corrected chi connectivity index (χ3v) is 4.26. The molecule has 0 saturated heterocycles. The maximum atomic E-state index is 12.9. The number of anilines is 1. The van der Waals surface area contributed by atoms with Crippen LogP contribution in [0.4, 0.5) is 5.69 Å². The number of rotatable bonds is 4. The fraction of sp³-hybridized carbons (Fsp3) is 0.211. The van der Waals surface area contributed by atoms with Crippen LogP contribution in [0.1, 0.15) is 56.0 Å². The van der Waals surface area contributed by atoms with Gasteiger partial charge in [-0.2, -0.15) is 0 Å². The normalized spacial score (nSPS) is 13.4. The highest BCUT2D eigenvalue weighted by atomic mass is 16.2. The van der Waals surface area contributed by atoms with Crippen LogP contribution in [0.5, 0.6) is 0 Å². The second kappa shape index (κ2) is 5.80. The second-order valence-corrected chi connectivity index (χ2v) is 5.47. The van der Waals surface area contributed by atoms with E-state index in [1.165, 1.54) is 4.90 Å². The van der Waals surface area contributed by atoms with Crippen LogP contribution in [0.15, 0.2) is 36.4 Å². The van der Waals surface area contributed by atoms with Gasteiger partial charge >= 0.3 is 0 Å². The van der Waals surface area contributed by atoms with Crippen molar-refractivity contribution < 1.29 is 14.4 Å². The molecule has 1 heterocycles. The van der Waals surface area contributed by atoms with Gasteiger partial charge in [0.2, 0.25) is 0 Å². The number of amides is 2. The number of aldehydes is 1. The average molecular weight is 307 g/mol. The topological polar surface area (TPSA) is 54.5 Å². The molecule has 0 spiro atoms. The van der Waals surface area contributed by atoms with Crippen molar-refractivity contribution in [1.29, 1.82) is 0 Å². The van der Waals surface area contributed by atoms with Crippen LogP contribution in [-0.2, 0) is 12.8 Å². The Morgan fingerprint density at radius 2 is 1.52 bits per heavy atom. The minimum Gasteiger partial charge on any atom is -0.298 e. The number of carbonyl (C=O) groups is 3. The Morgan fingerprint density at radius 3 is 2.09 bits per heavy atom. The maximum absolute atomic E-state index is 12.9. The number of hydrogen-bond donors (Lipinski definition) is 0. The lowest BCUT2D eigenvalue weighted by atomic mass is 10.0. The maximum Gasteiger partial charge on any atom is 0.266 e. The number of hydrogen-bond acceptors (Lipinski definition) is 3. The molecule has 1 aliphatic heterocycles. The van der Waals surface area contributed by atoms with Crippen LogP contribution in [0, 0.1) is 0 Å². The standard InChI is InChI=1S/C19H17NO3/c1-3-12-7-5-8-13(4-2)17(12)20-18(22)15-10-6-9-14(11-21)16(15)19(20)23/h5-11H,3-4H2,1-2H3. The molecule has 23 heavy (non-hydrogen) atoms. The monoisotopic (exact) mass is 307 g/mol. The van der Waals surface area contributed by atoms with Crippen molar-refractivity contribution in [2.24, 2.45) is 0 Å². The van der Waals surface area contributed by atoms with Crippen LogP contribution in [-0.4, -0.2) is 18.1 Å². The first-order valence-corrected chi connectivity index (χ1v) is 7.71. The Kier molecular flexibility index (Phi) is 3.82. The van der Waals surface area contributed by atoms with E-state index in [1.807, 2.05) is 32.0 Å². The number of para-hydroxylation sites is 1. The smallest absolute Gasteiger partial charge is 0.266 e. The Morgan fingerprint density at radius 1 is 0.913 bits per heavy atom. The number of carbonyl (C=O) groups excluding carboxylic acids is 3. The Balaban J connectivity index is 2.23. The number of nitrogens with zero attached hydrogens (tertiary/aromatic N) is 1. The first kappa shape index (κ1) is 15.2. The Bertz CT molecular complexity index is 801. The fourth-order valence-electron chi connectivity index (χ4n) is 3.12. The molecule has 3 rings (SSSR count). The van der Waals surface area contributed by atoms with E-state index >= 15 is 0 Å². The van der Waals surface area contributed by atoms with Gasteiger partial charge in [0.1, 0.15) is 0 Å². The van der Waals surface area contributed by atoms with Crippen molar-refractivity contribution in [2.45, 2.75) is 26.7 Å². The molecule has 2 aromatic carbocycles. The lowest BCUT2D eigenvalue weighted by Crippen LogP contribution is -2.31. The van der Waals surface area contributed by atoms with Crippen molar-refractivity contribution in [3.05, 3.63) is 64.2 Å². The summed E-state index contributed by atoms with van der Waals surface area (Å²) >= 11 is 0. The Hall–Kier alpha value is -2.75. The van der Waals surface area contributed by atoms with E-state index in [9.17, 15) is 14.4 Å². The van der Waals surface area contributed by atoms with Gasteiger partial charge in [0.15, 0.2) is 6.29 Å². The van der Waals surface area contributed by atoms with Crippen LogP contribution in [0.25, 0.3) is 0 Å². The molecule has 2 aromatic rings. The minimum absolute atomic E-state index is 0.209. The van der Waals surface area contributed by atoms with E-state index in [0.717, 1.165) is 24.0 Å². The van der Waals surface area contributed by atoms with Crippen LogP contribution in [0.3, 0.4) is 0 Å². The first-order valence-electron chi connectivity index (χ1n) is 7.71. The van der Waals surface area contributed by atoms with Gasteiger partial charge in [0.05, 0.1) is 16.8 Å². The molecule has 116 valence electrons. The van der Waals surface area contributed by atoms with Crippen LogP contribution in [0.2, 0.25) is 0 Å². The lowest BCUT2D eigenvalue weighted by Gasteiger charge is -2.21. The SMILES string of the molecule is CCc1cccc(CC)c1N1C(=O)c2cccc(C=O)c2C1=O. The highest BCUT2D eigenvalue weighted by Crippen LogP contribution is 2.35. The summed E-state index contributed by atoms with van der Waals surface area (Å²) in [4.78, 5) is 38.1. The molecule has 4 nitrogen and oxygen atoms in total. The zero-order valence-electron chi connectivity index (χ0n) is 13.1. The summed E-state index contributed by atoms with van der Waals surface area (Å²) in [6.45, 7) is 3.99. The summed E-state index contributed by atoms with van der Waals surface area (Å²) < 4.78 is 0. The first-order chi connectivity index (χ1) is 11.1. The van der Waals surface area contributed by atoms with Gasteiger partial charge < -0.3 is 0 Å². The zero-order chi connectivity index (χ0) is 16.6. The van der Waals surface area contributed by atoms with Crippen molar-refractivity contribution in [3.63, 3.8) is 0 Å². The summed E-state index contributed by atoms with van der Waals surface area (Å²) in [5.74, 6) is -0.771. The van der Waals surface area contributed by atoms with Crippen LogP contribution < -0.4 is 4.90 Å². The summed E-state index contributed by atoms with van der Waals surface area (Å²) in [6.07, 6.45) is 2.06. The van der Waals surface area contributed by atoms with E-state index in [2.05, 4.69) is 0 Å². The second-order valence-electron chi connectivity index (χ2n) is 5.47. The minimum atomic E-state index is -0.414. The molecule has 4 heteroatoms. The average Bonchev–Trinajstić information content (AvgIpc) is 2.85. The fourth-order valence-corrected chi connectivity index (χ4v) is 3.12. The van der Waals surface area contributed by atoms with E-state index in [4.69, 9.17) is 0 Å². The molecule has 0 radical (unpaired) electrons. The molecule has 2 amide bonds. The molecule has 0 aromatic heterocycles. The number of benzene rings is 2. The Labute approximate surface area is 134 Å². The summed E-state index contributed by atoms with van der Waals surface area (Å²) in [6, 6.07) is 10.6. The predicted molar refractivity (Wildman–Crippen MR) is 88.2 cm³/mol. The summed E-state index contributed by atoms with van der Waals surface area (Å²) in [5, 5.41) is 0. The van der Waals surface area contributed by atoms with Gasteiger partial charge in [0.25, 0.3) is 11.8 Å². The highest BCUT2D eigenvalue weighted by molar-refractivity contribution is 6.36. The van der Waals surface area contributed by atoms with E-state index in [0.29, 0.717) is 17.5 Å². The number of fused-ring (bicyclic) bond motifs is 1. The van der Waals surface area contributed by atoms with Crippen molar-refractivity contribution in [2.75, 3.05) is 4.90 Å². The molecule has 0 atom stereocenters. The van der Waals surface area contributed by atoms with Gasteiger partial charge in [-0.15, -0.1) is 0 Å².